The smallest absolute Gasteiger partial charge is 0.138 e. The molecule has 0 fully saturated rings. The Morgan fingerprint density at radius 2 is 1.90 bits per heavy atom. The highest BCUT2D eigenvalue weighted by atomic mass is 79.9. The van der Waals surface area contributed by atoms with E-state index in [9.17, 15) is 8.78 Å². The van der Waals surface area contributed by atoms with E-state index in [-0.39, 0.29) is 11.6 Å². The van der Waals surface area contributed by atoms with Crippen LogP contribution in [0.3, 0.4) is 0 Å². The van der Waals surface area contributed by atoms with Gasteiger partial charge in [-0.25, -0.2) is 18.4 Å². The minimum atomic E-state index is -0.586. The van der Waals surface area contributed by atoms with Gasteiger partial charge in [0.05, 0.1) is 0 Å². The van der Waals surface area contributed by atoms with E-state index in [2.05, 4.69) is 31.3 Å². The highest BCUT2D eigenvalue weighted by Gasteiger charge is 2.22. The van der Waals surface area contributed by atoms with E-state index in [1.54, 1.807) is 11.7 Å². The molecule has 0 spiro atoms. The zero-order chi connectivity index (χ0) is 15.6. The van der Waals surface area contributed by atoms with E-state index in [4.69, 9.17) is 0 Å². The number of rotatable bonds is 5. The summed E-state index contributed by atoms with van der Waals surface area (Å²) in [5.41, 5.74) is 0.0130. The van der Waals surface area contributed by atoms with Crippen LogP contribution in [0.5, 0.6) is 0 Å². The van der Waals surface area contributed by atoms with E-state index < -0.39 is 17.7 Å². The Kier molecular flexibility index (Phi) is 5.05. The Morgan fingerprint density at radius 1 is 1.29 bits per heavy atom. The normalized spacial score (nSPS) is 12.9. The summed E-state index contributed by atoms with van der Waals surface area (Å²) in [5, 5.41) is 7.09. The minimum Gasteiger partial charge on any atom is -0.312 e. The van der Waals surface area contributed by atoms with Crippen LogP contribution in [0.25, 0.3) is 0 Å². The van der Waals surface area contributed by atoms with Gasteiger partial charge in [0.25, 0.3) is 0 Å². The first-order chi connectivity index (χ1) is 9.93. The topological polar surface area (TPSA) is 42.7 Å². The molecule has 0 saturated heterocycles. The van der Waals surface area contributed by atoms with E-state index in [0.29, 0.717) is 16.7 Å². The van der Waals surface area contributed by atoms with Gasteiger partial charge in [-0.15, -0.1) is 0 Å². The van der Waals surface area contributed by atoms with Crippen molar-refractivity contribution in [3.05, 3.63) is 46.0 Å². The first kappa shape index (κ1) is 16.0. The number of benzene rings is 1. The van der Waals surface area contributed by atoms with Crippen LogP contribution in [0.15, 0.2) is 22.9 Å². The zero-order valence-corrected chi connectivity index (χ0v) is 13.7. The van der Waals surface area contributed by atoms with Crippen molar-refractivity contribution >= 4 is 15.9 Å². The summed E-state index contributed by atoms with van der Waals surface area (Å²) in [7, 11) is 1.67. The second kappa shape index (κ2) is 6.62. The maximum absolute atomic E-state index is 14.1. The molecule has 0 aliphatic carbocycles. The standard InChI is InChI=1S/C14H17BrF2N4/c1-8(2)21-13(19-7-20-21)6-12(18-3)14-10(16)4-9(15)5-11(14)17/h4-5,7-8,12,18H,6H2,1-3H3. The van der Waals surface area contributed by atoms with Gasteiger partial charge in [0.2, 0.25) is 0 Å². The first-order valence-electron chi connectivity index (χ1n) is 6.64. The fourth-order valence-corrected chi connectivity index (χ4v) is 2.67. The van der Waals surface area contributed by atoms with Crippen molar-refractivity contribution in [2.45, 2.75) is 32.4 Å². The van der Waals surface area contributed by atoms with Crippen molar-refractivity contribution in [3.8, 4) is 0 Å². The molecule has 1 heterocycles. The average molecular weight is 359 g/mol. The SMILES string of the molecule is CNC(Cc1ncnn1C(C)C)c1c(F)cc(Br)cc1F. The van der Waals surface area contributed by atoms with Gasteiger partial charge in [-0.3, -0.25) is 0 Å². The molecule has 114 valence electrons. The molecule has 7 heteroatoms. The summed E-state index contributed by atoms with van der Waals surface area (Å²) in [5.74, 6) is -0.486. The number of aromatic nitrogens is 3. The molecule has 0 bridgehead atoms. The molecular formula is C14H17BrF2N4. The van der Waals surface area contributed by atoms with Gasteiger partial charge in [-0.1, -0.05) is 15.9 Å². The van der Waals surface area contributed by atoms with E-state index in [1.165, 1.54) is 18.5 Å². The number of hydrogen-bond donors (Lipinski definition) is 1. The van der Waals surface area contributed by atoms with Crippen molar-refractivity contribution in [3.63, 3.8) is 0 Å². The lowest BCUT2D eigenvalue weighted by molar-refractivity contribution is 0.452. The van der Waals surface area contributed by atoms with Crippen molar-refractivity contribution in [2.75, 3.05) is 7.05 Å². The maximum Gasteiger partial charge on any atom is 0.138 e. The fraction of sp³-hybridized carbons (Fsp3) is 0.429. The molecule has 0 amide bonds. The van der Waals surface area contributed by atoms with Crippen molar-refractivity contribution in [2.24, 2.45) is 0 Å². The van der Waals surface area contributed by atoms with Gasteiger partial charge in [0.15, 0.2) is 0 Å². The van der Waals surface area contributed by atoms with Crippen LogP contribution in [0, 0.1) is 11.6 Å². The number of hydrogen-bond acceptors (Lipinski definition) is 3. The molecule has 4 nitrogen and oxygen atoms in total. The molecule has 1 unspecified atom stereocenters. The summed E-state index contributed by atoms with van der Waals surface area (Å²) >= 11 is 3.08. The lowest BCUT2D eigenvalue weighted by Crippen LogP contribution is -2.24. The number of nitrogens with zero attached hydrogens (tertiary/aromatic N) is 3. The van der Waals surface area contributed by atoms with Crippen LogP contribution >= 0.6 is 15.9 Å². The van der Waals surface area contributed by atoms with Crippen LogP contribution in [0.2, 0.25) is 0 Å². The number of halogens is 3. The van der Waals surface area contributed by atoms with Crippen LogP contribution in [-0.2, 0) is 6.42 Å². The monoisotopic (exact) mass is 358 g/mol. The summed E-state index contributed by atoms with van der Waals surface area (Å²) in [6.07, 6.45) is 1.81. The predicted octanol–water partition coefficient (Wildman–Crippen LogP) is 3.40. The Morgan fingerprint density at radius 3 is 2.43 bits per heavy atom. The van der Waals surface area contributed by atoms with Gasteiger partial charge in [-0.05, 0) is 33.0 Å². The molecule has 0 radical (unpaired) electrons. The van der Waals surface area contributed by atoms with Crippen molar-refractivity contribution in [1.29, 1.82) is 0 Å². The zero-order valence-electron chi connectivity index (χ0n) is 12.1. The van der Waals surface area contributed by atoms with Gasteiger partial charge in [0, 0.05) is 28.5 Å². The lowest BCUT2D eigenvalue weighted by atomic mass is 10.0. The highest BCUT2D eigenvalue weighted by Crippen LogP contribution is 2.27. The second-order valence-corrected chi connectivity index (χ2v) is 5.96. The number of likely N-dealkylation sites (N-methyl/N-ethyl adjacent to an activating group) is 1. The maximum atomic E-state index is 14.1. The van der Waals surface area contributed by atoms with Crippen LogP contribution in [-0.4, -0.2) is 21.8 Å². The molecule has 0 aliphatic heterocycles. The Balaban J connectivity index is 2.35. The quantitative estimate of drug-likeness (QED) is 0.890. The molecule has 1 N–H and O–H groups in total. The molecule has 0 aliphatic rings. The Labute approximate surface area is 130 Å². The summed E-state index contributed by atoms with van der Waals surface area (Å²) in [6, 6.07) is 2.14. The first-order valence-corrected chi connectivity index (χ1v) is 7.43. The molecule has 21 heavy (non-hydrogen) atoms. The second-order valence-electron chi connectivity index (χ2n) is 5.04. The Bertz CT molecular complexity index is 604. The van der Waals surface area contributed by atoms with E-state index >= 15 is 0 Å². The minimum absolute atomic E-state index is 0.0130. The third-order valence-electron chi connectivity index (χ3n) is 3.26. The summed E-state index contributed by atoms with van der Waals surface area (Å²) in [4.78, 5) is 4.19. The van der Waals surface area contributed by atoms with Gasteiger partial charge >= 0.3 is 0 Å². The molecule has 2 aromatic rings. The molecule has 1 aromatic heterocycles. The summed E-state index contributed by atoms with van der Waals surface area (Å²) < 4.78 is 30.3. The third-order valence-corrected chi connectivity index (χ3v) is 3.72. The molecular weight excluding hydrogens is 342 g/mol. The van der Waals surface area contributed by atoms with Crippen LogP contribution < -0.4 is 5.32 Å². The Hall–Kier alpha value is -1.34. The van der Waals surface area contributed by atoms with Gasteiger partial charge < -0.3 is 5.32 Å². The van der Waals surface area contributed by atoms with Crippen molar-refractivity contribution in [1.82, 2.24) is 20.1 Å². The van der Waals surface area contributed by atoms with Gasteiger partial charge in [-0.2, -0.15) is 5.10 Å². The lowest BCUT2D eigenvalue weighted by Gasteiger charge is -2.19. The van der Waals surface area contributed by atoms with Crippen LogP contribution in [0.1, 0.15) is 37.3 Å². The largest absolute Gasteiger partial charge is 0.312 e. The molecule has 2 rings (SSSR count). The van der Waals surface area contributed by atoms with Gasteiger partial charge in [0.1, 0.15) is 23.8 Å². The molecule has 1 aromatic carbocycles. The van der Waals surface area contributed by atoms with Crippen molar-refractivity contribution < 1.29 is 8.78 Å². The average Bonchev–Trinajstić information content (AvgIpc) is 2.84. The number of nitrogens with one attached hydrogen (secondary N) is 1. The molecule has 1 atom stereocenters. The molecule has 0 saturated carbocycles. The van der Waals surface area contributed by atoms with E-state index in [0.717, 1.165) is 0 Å². The summed E-state index contributed by atoms with van der Waals surface area (Å²) in [6.45, 7) is 3.96. The van der Waals surface area contributed by atoms with E-state index in [1.807, 2.05) is 13.8 Å². The third kappa shape index (κ3) is 3.47. The highest BCUT2D eigenvalue weighted by molar-refractivity contribution is 9.10. The predicted molar refractivity (Wildman–Crippen MR) is 80.0 cm³/mol. The fourth-order valence-electron chi connectivity index (χ4n) is 2.27. The van der Waals surface area contributed by atoms with Crippen LogP contribution in [0.4, 0.5) is 8.78 Å².